The number of carboxylic acid groups (broad SMARTS) is 1. The zero-order valence-corrected chi connectivity index (χ0v) is 11.8. The van der Waals surface area contributed by atoms with Crippen LogP contribution in [0, 0.1) is 0 Å². The van der Waals surface area contributed by atoms with E-state index in [2.05, 4.69) is 15.5 Å². The van der Waals surface area contributed by atoms with E-state index in [1.165, 1.54) is 0 Å². The van der Waals surface area contributed by atoms with Crippen molar-refractivity contribution in [2.24, 2.45) is 7.05 Å². The van der Waals surface area contributed by atoms with E-state index in [0.29, 0.717) is 11.8 Å². The van der Waals surface area contributed by atoms with Gasteiger partial charge >= 0.3 is 5.97 Å². The van der Waals surface area contributed by atoms with Gasteiger partial charge in [0, 0.05) is 20.5 Å². The monoisotopic (exact) mass is 274 g/mol. The first kappa shape index (κ1) is 14.0. The normalized spacial score (nSPS) is 13.8. The minimum atomic E-state index is -1.03. The van der Waals surface area contributed by atoms with Gasteiger partial charge in [0.05, 0.1) is 5.41 Å². The van der Waals surface area contributed by atoms with E-state index in [9.17, 15) is 9.90 Å². The van der Waals surface area contributed by atoms with Crippen molar-refractivity contribution < 1.29 is 9.90 Å². The summed E-state index contributed by atoms with van der Waals surface area (Å²) in [5.74, 6) is 0.363. The summed E-state index contributed by atoms with van der Waals surface area (Å²) in [4.78, 5) is 11.7. The molecule has 0 bridgehead atoms. The van der Waals surface area contributed by atoms with Crippen LogP contribution in [-0.2, 0) is 23.7 Å². The van der Waals surface area contributed by atoms with Crippen molar-refractivity contribution in [3.63, 3.8) is 0 Å². The van der Waals surface area contributed by atoms with Gasteiger partial charge in [0.15, 0.2) is 0 Å². The number of carbonyl (C=O) groups is 1. The van der Waals surface area contributed by atoms with Crippen LogP contribution >= 0.6 is 0 Å². The maximum absolute atomic E-state index is 11.7. The third-order valence-corrected chi connectivity index (χ3v) is 3.58. The average molecular weight is 274 g/mol. The lowest BCUT2D eigenvalue weighted by atomic mass is 9.79. The van der Waals surface area contributed by atoms with Crippen molar-refractivity contribution in [3.05, 3.63) is 41.7 Å². The average Bonchev–Trinajstić information content (AvgIpc) is 2.80. The highest BCUT2D eigenvalue weighted by Gasteiger charge is 2.37. The van der Waals surface area contributed by atoms with Crippen LogP contribution in [0.25, 0.3) is 0 Å². The third kappa shape index (κ3) is 2.36. The Labute approximate surface area is 117 Å². The van der Waals surface area contributed by atoms with E-state index in [1.54, 1.807) is 18.5 Å². The Morgan fingerprint density at radius 2 is 2.00 bits per heavy atom. The highest BCUT2D eigenvalue weighted by Crippen LogP contribution is 2.28. The Hall–Kier alpha value is -2.37. The molecule has 0 saturated heterocycles. The molecule has 6 nitrogen and oxygen atoms in total. The zero-order valence-electron chi connectivity index (χ0n) is 11.8. The van der Waals surface area contributed by atoms with Gasteiger partial charge in [-0.1, -0.05) is 30.3 Å². The Bertz CT molecular complexity index is 609. The van der Waals surface area contributed by atoms with E-state index in [4.69, 9.17) is 0 Å². The first-order valence-electron chi connectivity index (χ1n) is 6.34. The number of rotatable bonds is 5. The Morgan fingerprint density at radius 3 is 2.50 bits per heavy atom. The first-order valence-corrected chi connectivity index (χ1v) is 6.34. The van der Waals surface area contributed by atoms with Crippen LogP contribution in [0.15, 0.2) is 30.3 Å². The van der Waals surface area contributed by atoms with Crippen molar-refractivity contribution in [2.45, 2.75) is 18.8 Å². The number of nitrogens with one attached hydrogen (secondary N) is 1. The summed E-state index contributed by atoms with van der Waals surface area (Å²) in [6.45, 7) is 1.71. The molecule has 0 aliphatic heterocycles. The van der Waals surface area contributed by atoms with E-state index >= 15 is 0 Å². The largest absolute Gasteiger partial charge is 0.481 e. The van der Waals surface area contributed by atoms with Crippen molar-refractivity contribution >= 4 is 11.9 Å². The van der Waals surface area contributed by atoms with Crippen molar-refractivity contribution in [2.75, 3.05) is 12.4 Å². The van der Waals surface area contributed by atoms with Gasteiger partial charge in [-0.15, -0.1) is 10.2 Å². The molecular weight excluding hydrogens is 256 g/mol. The van der Waals surface area contributed by atoms with Gasteiger partial charge < -0.3 is 15.0 Å². The number of anilines is 1. The molecule has 2 rings (SSSR count). The fourth-order valence-electron chi connectivity index (χ4n) is 2.16. The van der Waals surface area contributed by atoms with E-state index in [1.807, 2.05) is 37.4 Å². The summed E-state index contributed by atoms with van der Waals surface area (Å²) in [6.07, 6.45) is 0.275. The lowest BCUT2D eigenvalue weighted by molar-refractivity contribution is -0.143. The highest BCUT2D eigenvalue weighted by atomic mass is 16.4. The molecule has 0 aliphatic carbocycles. The molecule has 0 fully saturated rings. The molecule has 0 amide bonds. The number of hydrogen-bond acceptors (Lipinski definition) is 4. The molecule has 2 N–H and O–H groups in total. The predicted molar refractivity (Wildman–Crippen MR) is 75.7 cm³/mol. The van der Waals surface area contributed by atoms with Gasteiger partial charge in [0.1, 0.15) is 5.82 Å². The van der Waals surface area contributed by atoms with Crippen LogP contribution in [-0.4, -0.2) is 32.9 Å². The van der Waals surface area contributed by atoms with Crippen molar-refractivity contribution in [1.29, 1.82) is 0 Å². The Balaban J connectivity index is 2.40. The summed E-state index contributed by atoms with van der Waals surface area (Å²) in [6, 6.07) is 9.19. The maximum atomic E-state index is 11.7. The Morgan fingerprint density at radius 1 is 1.35 bits per heavy atom. The number of benzene rings is 1. The smallest absolute Gasteiger partial charge is 0.314 e. The standard InChI is InChI=1S/C14H18N4O2/c1-14(12(19)20,10-7-5-4-6-8-10)9-11-16-17-13(15-2)18(11)3/h4-8H,9H2,1-3H3,(H,15,17)(H,19,20). The SMILES string of the molecule is CNc1nnc(CC(C)(C(=O)O)c2ccccc2)n1C. The van der Waals surface area contributed by atoms with Gasteiger partial charge in [-0.05, 0) is 12.5 Å². The number of aliphatic carboxylic acids is 1. The number of hydrogen-bond donors (Lipinski definition) is 2. The topological polar surface area (TPSA) is 80.0 Å². The number of aromatic nitrogens is 3. The summed E-state index contributed by atoms with van der Waals surface area (Å²) in [5, 5.41) is 20.6. The molecule has 0 aliphatic rings. The van der Waals surface area contributed by atoms with Crippen LogP contribution in [0.4, 0.5) is 5.95 Å². The van der Waals surface area contributed by atoms with Crippen LogP contribution in [0.3, 0.4) is 0 Å². The molecule has 0 radical (unpaired) electrons. The molecule has 1 atom stereocenters. The zero-order chi connectivity index (χ0) is 14.8. The second-order valence-corrected chi connectivity index (χ2v) is 4.93. The first-order chi connectivity index (χ1) is 9.49. The van der Waals surface area contributed by atoms with Crippen molar-refractivity contribution in [3.8, 4) is 0 Å². The van der Waals surface area contributed by atoms with Crippen molar-refractivity contribution in [1.82, 2.24) is 14.8 Å². The second-order valence-electron chi connectivity index (χ2n) is 4.93. The third-order valence-electron chi connectivity index (χ3n) is 3.58. The van der Waals surface area contributed by atoms with Crippen LogP contribution in [0.2, 0.25) is 0 Å². The summed E-state index contributed by atoms with van der Waals surface area (Å²) < 4.78 is 1.77. The van der Waals surface area contributed by atoms with E-state index < -0.39 is 11.4 Å². The van der Waals surface area contributed by atoms with E-state index in [-0.39, 0.29) is 6.42 Å². The number of nitrogens with zero attached hydrogens (tertiary/aromatic N) is 3. The van der Waals surface area contributed by atoms with Gasteiger partial charge in [-0.3, -0.25) is 4.79 Å². The molecule has 1 aromatic heterocycles. The summed E-state index contributed by atoms with van der Waals surface area (Å²) in [5.41, 5.74) is -0.283. The quantitative estimate of drug-likeness (QED) is 0.862. The number of carboxylic acids is 1. The molecule has 0 spiro atoms. The Kier molecular flexibility index (Phi) is 3.74. The van der Waals surface area contributed by atoms with E-state index in [0.717, 1.165) is 5.56 Å². The molecule has 1 heterocycles. The van der Waals surface area contributed by atoms with Crippen LogP contribution in [0.1, 0.15) is 18.3 Å². The molecule has 20 heavy (non-hydrogen) atoms. The maximum Gasteiger partial charge on any atom is 0.314 e. The molecule has 106 valence electrons. The van der Waals surface area contributed by atoms with Gasteiger partial charge in [-0.25, -0.2) is 0 Å². The lowest BCUT2D eigenvalue weighted by Gasteiger charge is -2.24. The molecule has 6 heteroatoms. The fraction of sp³-hybridized carbons (Fsp3) is 0.357. The van der Waals surface area contributed by atoms with Gasteiger partial charge in [-0.2, -0.15) is 0 Å². The molecule has 0 saturated carbocycles. The molecule has 2 aromatic rings. The minimum Gasteiger partial charge on any atom is -0.481 e. The fourth-order valence-corrected chi connectivity index (χ4v) is 2.16. The molecule has 1 unspecified atom stereocenters. The molecular formula is C14H18N4O2. The lowest BCUT2D eigenvalue weighted by Crippen LogP contribution is -2.35. The second kappa shape index (κ2) is 5.32. The minimum absolute atomic E-state index is 0.275. The molecule has 1 aromatic carbocycles. The highest BCUT2D eigenvalue weighted by molar-refractivity contribution is 5.81. The van der Waals surface area contributed by atoms with Crippen LogP contribution in [0.5, 0.6) is 0 Å². The van der Waals surface area contributed by atoms with Crippen LogP contribution < -0.4 is 5.32 Å². The summed E-state index contributed by atoms with van der Waals surface area (Å²) >= 11 is 0. The summed E-state index contributed by atoms with van der Waals surface area (Å²) in [7, 11) is 3.57. The van der Waals surface area contributed by atoms with Gasteiger partial charge in [0.25, 0.3) is 0 Å². The van der Waals surface area contributed by atoms with Gasteiger partial charge in [0.2, 0.25) is 5.95 Å². The predicted octanol–water partition coefficient (Wildman–Crippen LogP) is 1.44.